The molecule has 1 fully saturated rings. The lowest BCUT2D eigenvalue weighted by molar-refractivity contribution is -0.0603. The Bertz CT molecular complexity index is 1110. The van der Waals surface area contributed by atoms with Crippen LogP contribution < -0.4 is 10.4 Å². The highest BCUT2D eigenvalue weighted by atomic mass is 16.7. The van der Waals surface area contributed by atoms with Crippen LogP contribution in [0.5, 0.6) is 0 Å². The smallest absolute Gasteiger partial charge is 0.257 e. The Morgan fingerprint density at radius 1 is 1.00 bits per heavy atom. The Morgan fingerprint density at radius 3 is 2.84 bits per heavy atom. The monoisotopic (exact) mass is 330 g/mol. The summed E-state index contributed by atoms with van der Waals surface area (Å²) in [6, 6.07) is 4.34. The molecule has 0 aromatic heterocycles. The molecule has 4 nitrogen and oxygen atoms in total. The van der Waals surface area contributed by atoms with Gasteiger partial charge in [-0.25, -0.2) is 0 Å². The lowest BCUT2D eigenvalue weighted by Crippen LogP contribution is -2.34. The van der Waals surface area contributed by atoms with Gasteiger partial charge in [-0.3, -0.25) is 0 Å². The van der Waals surface area contributed by atoms with E-state index in [1.54, 1.807) is 0 Å². The van der Waals surface area contributed by atoms with Gasteiger partial charge in [0.2, 0.25) is 5.79 Å². The molecule has 1 aromatic carbocycles. The normalized spacial score (nSPS) is 33.3. The molecule has 122 valence electrons. The van der Waals surface area contributed by atoms with Gasteiger partial charge in [0.1, 0.15) is 11.2 Å². The van der Waals surface area contributed by atoms with E-state index >= 15 is 0 Å². The fourth-order valence-electron chi connectivity index (χ4n) is 4.92. The molecular weight excluding hydrogens is 316 g/mol. The van der Waals surface area contributed by atoms with Crippen LogP contribution in [0, 0.1) is 5.41 Å². The van der Waals surface area contributed by atoms with E-state index in [4.69, 9.17) is 18.9 Å². The number of rotatable bonds is 0. The van der Waals surface area contributed by atoms with Crippen LogP contribution in [0.4, 0.5) is 0 Å². The number of allylic oxidation sites excluding steroid dienone is 2. The van der Waals surface area contributed by atoms with Gasteiger partial charge in [0.25, 0.3) is 6.29 Å². The van der Waals surface area contributed by atoms with Crippen molar-refractivity contribution in [1.82, 2.24) is 0 Å². The lowest BCUT2D eigenvalue weighted by Gasteiger charge is -2.26. The number of benzene rings is 1. The van der Waals surface area contributed by atoms with Gasteiger partial charge >= 0.3 is 0 Å². The van der Waals surface area contributed by atoms with Crippen LogP contribution in [0.15, 0.2) is 48.3 Å². The maximum atomic E-state index is 6.21. The third-order valence-corrected chi connectivity index (χ3v) is 6.03. The largest absolute Gasteiger partial charge is 0.460 e. The summed E-state index contributed by atoms with van der Waals surface area (Å²) in [6.07, 6.45) is 14.3. The van der Waals surface area contributed by atoms with Gasteiger partial charge in [0, 0.05) is 11.1 Å². The molecule has 3 heterocycles. The minimum absolute atomic E-state index is 0.252. The molecule has 4 heteroatoms. The molecule has 1 aromatic rings. The Balaban J connectivity index is 1.56. The summed E-state index contributed by atoms with van der Waals surface area (Å²) in [6.45, 7) is 1.24. The average Bonchev–Trinajstić information content (AvgIpc) is 3.34. The van der Waals surface area contributed by atoms with Crippen LogP contribution in [0.3, 0.4) is 0 Å². The predicted octanol–water partition coefficient (Wildman–Crippen LogP) is 1.57. The van der Waals surface area contributed by atoms with Crippen molar-refractivity contribution >= 4 is 23.5 Å². The van der Waals surface area contributed by atoms with Crippen molar-refractivity contribution in [3.05, 3.63) is 69.8 Å². The highest BCUT2D eigenvalue weighted by molar-refractivity contribution is 5.90. The first-order chi connectivity index (χ1) is 12.3. The van der Waals surface area contributed by atoms with Crippen molar-refractivity contribution in [2.24, 2.45) is 5.41 Å². The van der Waals surface area contributed by atoms with Crippen LogP contribution in [0.25, 0.3) is 23.5 Å². The molecule has 6 aliphatic rings. The van der Waals surface area contributed by atoms with E-state index < -0.39 is 5.79 Å². The van der Waals surface area contributed by atoms with Crippen molar-refractivity contribution in [3.63, 3.8) is 0 Å². The molecular formula is C21H14O4. The van der Waals surface area contributed by atoms with E-state index in [2.05, 4.69) is 42.5 Å². The van der Waals surface area contributed by atoms with Gasteiger partial charge in [-0.2, -0.15) is 0 Å². The number of ether oxygens (including phenoxy) is 4. The van der Waals surface area contributed by atoms with Gasteiger partial charge < -0.3 is 18.9 Å². The van der Waals surface area contributed by atoms with Crippen molar-refractivity contribution in [1.29, 1.82) is 0 Å². The van der Waals surface area contributed by atoms with Crippen LogP contribution >= 0.6 is 0 Å². The fraction of sp³-hybridized carbons (Fsp3) is 0.238. The summed E-state index contributed by atoms with van der Waals surface area (Å²) < 4.78 is 23.6. The molecule has 0 saturated carbocycles. The van der Waals surface area contributed by atoms with Gasteiger partial charge in [-0.15, -0.1) is 0 Å². The van der Waals surface area contributed by atoms with Crippen molar-refractivity contribution in [2.45, 2.75) is 12.1 Å². The Labute approximate surface area is 143 Å². The van der Waals surface area contributed by atoms with Crippen molar-refractivity contribution in [3.8, 4) is 0 Å². The molecule has 2 bridgehead atoms. The summed E-state index contributed by atoms with van der Waals surface area (Å²) >= 11 is 0. The van der Waals surface area contributed by atoms with Crippen molar-refractivity contribution < 1.29 is 18.9 Å². The Morgan fingerprint density at radius 2 is 1.92 bits per heavy atom. The first-order valence-corrected chi connectivity index (χ1v) is 8.61. The maximum absolute atomic E-state index is 6.21. The van der Waals surface area contributed by atoms with Gasteiger partial charge in [-0.05, 0) is 39.8 Å². The summed E-state index contributed by atoms with van der Waals surface area (Å²) in [4.78, 5) is 0. The molecule has 2 unspecified atom stereocenters. The van der Waals surface area contributed by atoms with Crippen molar-refractivity contribution in [2.75, 3.05) is 13.2 Å². The SMILES string of the molecule is C1=CC2=c3ccc4c(c3C3=CC25C1=COC5O3)C=CC1(C=4)OCCO1. The quantitative estimate of drug-likeness (QED) is 0.724. The van der Waals surface area contributed by atoms with E-state index in [-0.39, 0.29) is 11.7 Å². The molecule has 7 rings (SSSR count). The summed E-state index contributed by atoms with van der Waals surface area (Å²) in [5.74, 6) is 0.204. The molecule has 0 amide bonds. The van der Waals surface area contributed by atoms with E-state index in [9.17, 15) is 0 Å². The minimum Gasteiger partial charge on any atom is -0.460 e. The third kappa shape index (κ3) is 1.28. The number of hydrogen-bond donors (Lipinski definition) is 0. The second-order valence-corrected chi connectivity index (χ2v) is 7.17. The van der Waals surface area contributed by atoms with Crippen LogP contribution in [-0.2, 0) is 18.9 Å². The zero-order chi connectivity index (χ0) is 16.2. The predicted molar refractivity (Wildman–Crippen MR) is 90.8 cm³/mol. The summed E-state index contributed by atoms with van der Waals surface area (Å²) in [5, 5.41) is 2.34. The molecule has 25 heavy (non-hydrogen) atoms. The standard InChI is InChI=1S/C21H14O4/c1-3-15-16-4-2-13-11-22-19-21(13,16)10-17(25-19)18(15)14-5-6-20(9-12(1)14)23-7-8-24-20/h1-6,9-11,19H,7-8H2. The van der Waals surface area contributed by atoms with Crippen LogP contribution in [0.1, 0.15) is 11.1 Å². The lowest BCUT2D eigenvalue weighted by atomic mass is 9.74. The van der Waals surface area contributed by atoms with E-state index in [0.717, 1.165) is 22.1 Å². The van der Waals surface area contributed by atoms with E-state index in [1.165, 1.54) is 16.4 Å². The highest BCUT2D eigenvalue weighted by Crippen LogP contribution is 2.59. The molecule has 2 spiro atoms. The van der Waals surface area contributed by atoms with E-state index in [0.29, 0.717) is 13.2 Å². The molecule has 1 saturated heterocycles. The Hall–Kier alpha value is -2.56. The third-order valence-electron chi connectivity index (χ3n) is 6.03. The van der Waals surface area contributed by atoms with E-state index in [1.807, 2.05) is 12.3 Å². The van der Waals surface area contributed by atoms with Gasteiger partial charge in [0.05, 0.1) is 19.5 Å². The zero-order valence-electron chi connectivity index (χ0n) is 13.3. The summed E-state index contributed by atoms with van der Waals surface area (Å²) in [7, 11) is 0. The topological polar surface area (TPSA) is 36.9 Å². The molecule has 3 aliphatic carbocycles. The average molecular weight is 330 g/mol. The molecule has 2 atom stereocenters. The Kier molecular flexibility index (Phi) is 1.95. The summed E-state index contributed by atoms with van der Waals surface area (Å²) in [5.41, 5.74) is 4.49. The van der Waals surface area contributed by atoms with Gasteiger partial charge in [0.15, 0.2) is 0 Å². The molecule has 0 N–H and O–H groups in total. The maximum Gasteiger partial charge on any atom is 0.257 e. The first-order valence-electron chi connectivity index (χ1n) is 8.61. The minimum atomic E-state index is -0.710. The second-order valence-electron chi connectivity index (χ2n) is 7.17. The highest BCUT2D eigenvalue weighted by Gasteiger charge is 2.58. The zero-order valence-corrected chi connectivity index (χ0v) is 13.3. The number of fused-ring (bicyclic) bond motifs is 4. The molecule has 3 aliphatic heterocycles. The van der Waals surface area contributed by atoms with Crippen LogP contribution in [0.2, 0.25) is 0 Å². The fourth-order valence-corrected chi connectivity index (χ4v) is 4.92. The van der Waals surface area contributed by atoms with Gasteiger partial charge in [-0.1, -0.05) is 30.4 Å². The first kappa shape index (κ1) is 12.8. The molecule has 0 radical (unpaired) electrons. The van der Waals surface area contributed by atoms with Crippen LogP contribution in [-0.4, -0.2) is 25.3 Å². The second kappa shape index (κ2) is 3.82. The number of hydrogen-bond acceptors (Lipinski definition) is 4.